The molecule has 2 atom stereocenters. The zero-order chi connectivity index (χ0) is 19.3. The molecule has 3 saturated heterocycles. The summed E-state index contributed by atoms with van der Waals surface area (Å²) in [6.07, 6.45) is 6.13. The van der Waals surface area contributed by atoms with Crippen molar-refractivity contribution in [3.63, 3.8) is 0 Å². The highest BCUT2D eigenvalue weighted by Gasteiger charge is 2.30. The zero-order valence-electron chi connectivity index (χ0n) is 17.7. The Morgan fingerprint density at radius 1 is 1.24 bits per heavy atom. The quantitative estimate of drug-likeness (QED) is 0.378. The molecular formula is C21H35IN6O. The van der Waals surface area contributed by atoms with E-state index in [0.29, 0.717) is 6.04 Å². The molecule has 0 bridgehead atoms. The van der Waals surface area contributed by atoms with Gasteiger partial charge in [0.1, 0.15) is 5.82 Å². The molecule has 3 fully saturated rings. The Bertz CT molecular complexity index is 681. The van der Waals surface area contributed by atoms with Crippen molar-refractivity contribution in [3.05, 3.63) is 23.9 Å². The van der Waals surface area contributed by atoms with Gasteiger partial charge in [-0.15, -0.1) is 24.0 Å². The normalized spacial score (nSPS) is 25.9. The van der Waals surface area contributed by atoms with Crippen LogP contribution in [-0.4, -0.2) is 85.8 Å². The minimum Gasteiger partial charge on any atom is -0.375 e. The van der Waals surface area contributed by atoms with Gasteiger partial charge in [-0.2, -0.15) is 0 Å². The molecule has 3 aliphatic heterocycles. The summed E-state index contributed by atoms with van der Waals surface area (Å²) in [5.41, 5.74) is 1.24. The molecule has 3 aliphatic rings. The highest BCUT2D eigenvalue weighted by molar-refractivity contribution is 14.0. The van der Waals surface area contributed by atoms with Crippen LogP contribution >= 0.6 is 24.0 Å². The number of likely N-dealkylation sites (tertiary alicyclic amines) is 2. The highest BCUT2D eigenvalue weighted by Crippen LogP contribution is 2.21. The minimum atomic E-state index is 0. The largest absolute Gasteiger partial charge is 0.375 e. The fourth-order valence-corrected chi connectivity index (χ4v) is 4.62. The Labute approximate surface area is 191 Å². The maximum atomic E-state index is 5.65. The van der Waals surface area contributed by atoms with E-state index in [1.165, 1.54) is 37.9 Å². The lowest BCUT2D eigenvalue weighted by atomic mass is 10.2. The van der Waals surface area contributed by atoms with E-state index in [-0.39, 0.29) is 30.1 Å². The van der Waals surface area contributed by atoms with Crippen molar-refractivity contribution >= 4 is 35.8 Å². The van der Waals surface area contributed by atoms with Gasteiger partial charge in [0, 0.05) is 52.0 Å². The maximum Gasteiger partial charge on any atom is 0.193 e. The van der Waals surface area contributed by atoms with E-state index in [9.17, 15) is 0 Å². The number of morpholine rings is 1. The second-order valence-corrected chi connectivity index (χ2v) is 8.18. The van der Waals surface area contributed by atoms with Gasteiger partial charge in [0.15, 0.2) is 5.96 Å². The van der Waals surface area contributed by atoms with Crippen LogP contribution < -0.4 is 10.2 Å². The van der Waals surface area contributed by atoms with E-state index in [4.69, 9.17) is 4.74 Å². The average molecular weight is 514 g/mol. The van der Waals surface area contributed by atoms with Crippen molar-refractivity contribution in [1.82, 2.24) is 20.1 Å². The standard InChI is InChI=1S/C21H34N6O.HI/c1-17-15-26(11-12-28-17)20-13-18(5-7-23-20)14-24-21(22-2)27-10-6-19(16-27)25-8-3-4-9-25;/h5,7,13,17,19H,3-4,6,8-12,14-16H2,1-2H3,(H,22,24);1H. The molecule has 4 heterocycles. The van der Waals surface area contributed by atoms with E-state index in [1.807, 2.05) is 13.2 Å². The maximum absolute atomic E-state index is 5.65. The van der Waals surface area contributed by atoms with Crippen LogP contribution in [-0.2, 0) is 11.3 Å². The number of halogens is 1. The van der Waals surface area contributed by atoms with Gasteiger partial charge in [-0.25, -0.2) is 4.98 Å². The van der Waals surface area contributed by atoms with Gasteiger partial charge in [0.2, 0.25) is 0 Å². The molecule has 1 N–H and O–H groups in total. The highest BCUT2D eigenvalue weighted by atomic mass is 127. The van der Waals surface area contributed by atoms with Crippen molar-refractivity contribution in [1.29, 1.82) is 0 Å². The van der Waals surface area contributed by atoms with Crippen molar-refractivity contribution < 1.29 is 4.74 Å². The van der Waals surface area contributed by atoms with Gasteiger partial charge < -0.3 is 19.9 Å². The number of ether oxygens (including phenoxy) is 1. The van der Waals surface area contributed by atoms with Gasteiger partial charge in [-0.1, -0.05) is 0 Å². The van der Waals surface area contributed by atoms with Crippen LogP contribution in [0.4, 0.5) is 5.82 Å². The number of anilines is 1. The van der Waals surface area contributed by atoms with Crippen LogP contribution in [0.5, 0.6) is 0 Å². The summed E-state index contributed by atoms with van der Waals surface area (Å²) in [5.74, 6) is 2.06. The number of rotatable bonds is 4. The number of nitrogens with one attached hydrogen (secondary N) is 1. The lowest BCUT2D eigenvalue weighted by molar-refractivity contribution is 0.0529. The second-order valence-electron chi connectivity index (χ2n) is 8.18. The fourth-order valence-electron chi connectivity index (χ4n) is 4.62. The lowest BCUT2D eigenvalue weighted by Crippen LogP contribution is -2.42. The van der Waals surface area contributed by atoms with Gasteiger partial charge in [0.05, 0.1) is 12.7 Å². The summed E-state index contributed by atoms with van der Waals surface area (Å²) >= 11 is 0. The molecule has 0 radical (unpaired) electrons. The number of nitrogens with zero attached hydrogens (tertiary/aromatic N) is 5. The van der Waals surface area contributed by atoms with Crippen molar-refractivity contribution in [2.24, 2.45) is 4.99 Å². The SMILES string of the molecule is CN=C(NCc1ccnc(N2CCOC(C)C2)c1)N1CCC(N2CCCC2)C1.I. The lowest BCUT2D eigenvalue weighted by Gasteiger charge is -2.32. The first kappa shape index (κ1) is 22.6. The Morgan fingerprint density at radius 2 is 2.07 bits per heavy atom. The number of aliphatic imine (C=N–C) groups is 1. The Morgan fingerprint density at radius 3 is 2.83 bits per heavy atom. The molecule has 0 spiro atoms. The second kappa shape index (κ2) is 10.8. The number of hydrogen-bond donors (Lipinski definition) is 1. The summed E-state index contributed by atoms with van der Waals surface area (Å²) in [4.78, 5) is 16.5. The molecule has 0 aromatic carbocycles. The van der Waals surface area contributed by atoms with Crippen LogP contribution in [0, 0.1) is 0 Å². The molecule has 1 aromatic heterocycles. The third-order valence-corrected chi connectivity index (χ3v) is 6.16. The van der Waals surface area contributed by atoms with Gasteiger partial charge in [0.25, 0.3) is 0 Å². The molecule has 0 saturated carbocycles. The van der Waals surface area contributed by atoms with Gasteiger partial charge >= 0.3 is 0 Å². The van der Waals surface area contributed by atoms with E-state index >= 15 is 0 Å². The Kier molecular flexibility index (Phi) is 8.37. The molecule has 29 heavy (non-hydrogen) atoms. The van der Waals surface area contributed by atoms with Gasteiger partial charge in [-0.05, 0) is 57.0 Å². The van der Waals surface area contributed by atoms with Crippen molar-refractivity contribution in [2.75, 3.05) is 57.8 Å². The summed E-state index contributed by atoms with van der Waals surface area (Å²) in [7, 11) is 1.89. The fraction of sp³-hybridized carbons (Fsp3) is 0.714. The molecule has 0 aliphatic carbocycles. The number of guanidine groups is 1. The minimum absolute atomic E-state index is 0. The molecule has 162 valence electrons. The molecular weight excluding hydrogens is 479 g/mol. The van der Waals surface area contributed by atoms with Crippen molar-refractivity contribution in [3.8, 4) is 0 Å². The summed E-state index contributed by atoms with van der Waals surface area (Å²) in [5, 5.41) is 3.56. The number of aromatic nitrogens is 1. The van der Waals surface area contributed by atoms with Crippen LogP contribution in [0.2, 0.25) is 0 Å². The van der Waals surface area contributed by atoms with Crippen LogP contribution in [0.15, 0.2) is 23.3 Å². The zero-order valence-corrected chi connectivity index (χ0v) is 20.0. The number of hydrogen-bond acceptors (Lipinski definition) is 5. The molecule has 7 nitrogen and oxygen atoms in total. The summed E-state index contributed by atoms with van der Waals surface area (Å²) in [6.45, 7) is 10.2. The first-order chi connectivity index (χ1) is 13.7. The monoisotopic (exact) mass is 514 g/mol. The topological polar surface area (TPSA) is 56.2 Å². The van der Waals surface area contributed by atoms with Crippen LogP contribution in [0.1, 0.15) is 31.7 Å². The molecule has 2 unspecified atom stereocenters. The first-order valence-electron chi connectivity index (χ1n) is 10.7. The first-order valence-corrected chi connectivity index (χ1v) is 10.7. The van der Waals surface area contributed by atoms with E-state index in [2.05, 4.69) is 49.0 Å². The summed E-state index contributed by atoms with van der Waals surface area (Å²) in [6, 6.07) is 4.97. The third-order valence-electron chi connectivity index (χ3n) is 6.16. The molecule has 4 rings (SSSR count). The third kappa shape index (κ3) is 5.73. The Hall–Kier alpha value is -1.13. The van der Waals surface area contributed by atoms with Gasteiger partial charge in [-0.3, -0.25) is 9.89 Å². The van der Waals surface area contributed by atoms with Crippen molar-refractivity contribution in [2.45, 2.75) is 44.9 Å². The number of pyridine rings is 1. The molecule has 0 amide bonds. The Balaban J connectivity index is 0.00000240. The molecule has 8 heteroatoms. The van der Waals surface area contributed by atoms with Crippen LogP contribution in [0.3, 0.4) is 0 Å². The van der Waals surface area contributed by atoms with E-state index in [1.54, 1.807) is 0 Å². The average Bonchev–Trinajstić information content (AvgIpc) is 3.41. The smallest absolute Gasteiger partial charge is 0.193 e. The van der Waals surface area contributed by atoms with E-state index in [0.717, 1.165) is 51.1 Å². The summed E-state index contributed by atoms with van der Waals surface area (Å²) < 4.78 is 5.65. The van der Waals surface area contributed by atoms with Crippen LogP contribution in [0.25, 0.3) is 0 Å². The van der Waals surface area contributed by atoms with E-state index < -0.39 is 0 Å². The predicted molar refractivity (Wildman–Crippen MR) is 128 cm³/mol. The predicted octanol–water partition coefficient (Wildman–Crippen LogP) is 2.17. The molecule has 1 aromatic rings.